The molecule has 0 radical (unpaired) electrons. The van der Waals surface area contributed by atoms with Gasteiger partial charge in [-0.3, -0.25) is 0 Å². The second-order valence-electron chi connectivity index (χ2n) is 5.45. The predicted octanol–water partition coefficient (Wildman–Crippen LogP) is 2.73. The van der Waals surface area contributed by atoms with E-state index in [4.69, 9.17) is 8.94 Å². The lowest BCUT2D eigenvalue weighted by Crippen LogP contribution is -2.23. The standard InChI is InChI=1S/C16H17N3O4S/c1-10-4-6-13(16-18-12(3)23-19-16)8-15(10)24(20,21)17-9-14-7-5-11(2)22-14/h4-8,17H,9H2,1-3H3. The van der Waals surface area contributed by atoms with Crippen LogP contribution in [0.5, 0.6) is 0 Å². The van der Waals surface area contributed by atoms with Crippen molar-refractivity contribution in [2.75, 3.05) is 0 Å². The molecule has 126 valence electrons. The Hall–Kier alpha value is -2.45. The third-order valence-corrected chi connectivity index (χ3v) is 5.04. The van der Waals surface area contributed by atoms with Crippen molar-refractivity contribution < 1.29 is 17.4 Å². The number of benzene rings is 1. The maximum absolute atomic E-state index is 12.6. The number of hydrogen-bond acceptors (Lipinski definition) is 6. The summed E-state index contributed by atoms with van der Waals surface area (Å²) in [4.78, 5) is 4.29. The van der Waals surface area contributed by atoms with E-state index in [9.17, 15) is 8.42 Å². The first-order chi connectivity index (χ1) is 11.3. The van der Waals surface area contributed by atoms with Crippen LogP contribution < -0.4 is 4.72 Å². The van der Waals surface area contributed by atoms with Gasteiger partial charge < -0.3 is 8.94 Å². The van der Waals surface area contributed by atoms with Crippen LogP contribution in [0.2, 0.25) is 0 Å². The Morgan fingerprint density at radius 1 is 1.12 bits per heavy atom. The van der Waals surface area contributed by atoms with Gasteiger partial charge in [0.05, 0.1) is 11.4 Å². The van der Waals surface area contributed by atoms with E-state index in [0.717, 1.165) is 5.76 Å². The van der Waals surface area contributed by atoms with Crippen LogP contribution in [0.3, 0.4) is 0 Å². The Kier molecular flexibility index (Phi) is 4.25. The lowest BCUT2D eigenvalue weighted by atomic mass is 10.1. The molecule has 1 aromatic carbocycles. The van der Waals surface area contributed by atoms with Gasteiger partial charge in [-0.05, 0) is 37.6 Å². The highest BCUT2D eigenvalue weighted by atomic mass is 32.2. The number of furan rings is 1. The van der Waals surface area contributed by atoms with Crippen molar-refractivity contribution in [2.24, 2.45) is 0 Å². The van der Waals surface area contributed by atoms with Gasteiger partial charge in [0.1, 0.15) is 11.5 Å². The average molecular weight is 347 g/mol. The molecule has 3 aromatic rings. The van der Waals surface area contributed by atoms with Crippen molar-refractivity contribution in [3.63, 3.8) is 0 Å². The fourth-order valence-electron chi connectivity index (χ4n) is 2.27. The molecule has 0 aliphatic heterocycles. The molecular weight excluding hydrogens is 330 g/mol. The van der Waals surface area contributed by atoms with Gasteiger partial charge in [0, 0.05) is 12.5 Å². The highest BCUT2D eigenvalue weighted by molar-refractivity contribution is 7.89. The number of nitrogens with one attached hydrogen (secondary N) is 1. The zero-order valence-electron chi connectivity index (χ0n) is 13.5. The zero-order valence-corrected chi connectivity index (χ0v) is 14.3. The van der Waals surface area contributed by atoms with E-state index in [1.807, 2.05) is 0 Å². The molecule has 8 heteroatoms. The molecule has 24 heavy (non-hydrogen) atoms. The fourth-order valence-corrected chi connectivity index (χ4v) is 3.53. The van der Waals surface area contributed by atoms with Crippen LogP contribution in [0.4, 0.5) is 0 Å². The van der Waals surface area contributed by atoms with E-state index >= 15 is 0 Å². The van der Waals surface area contributed by atoms with Gasteiger partial charge in [-0.2, -0.15) is 4.98 Å². The molecule has 0 fully saturated rings. The van der Waals surface area contributed by atoms with Crippen LogP contribution in [0.1, 0.15) is 23.0 Å². The Morgan fingerprint density at radius 2 is 1.92 bits per heavy atom. The van der Waals surface area contributed by atoms with Crippen molar-refractivity contribution in [2.45, 2.75) is 32.2 Å². The molecule has 3 rings (SSSR count). The van der Waals surface area contributed by atoms with Crippen molar-refractivity contribution in [3.8, 4) is 11.4 Å². The van der Waals surface area contributed by atoms with Gasteiger partial charge in [0.15, 0.2) is 0 Å². The number of hydrogen-bond donors (Lipinski definition) is 1. The molecule has 1 N–H and O–H groups in total. The van der Waals surface area contributed by atoms with Crippen LogP contribution in [-0.2, 0) is 16.6 Å². The van der Waals surface area contributed by atoms with E-state index in [2.05, 4.69) is 14.9 Å². The fraction of sp³-hybridized carbons (Fsp3) is 0.250. The lowest BCUT2D eigenvalue weighted by Gasteiger charge is -2.09. The first-order valence-corrected chi connectivity index (χ1v) is 8.80. The van der Waals surface area contributed by atoms with Gasteiger partial charge >= 0.3 is 0 Å². The van der Waals surface area contributed by atoms with Gasteiger partial charge in [0.25, 0.3) is 0 Å². The summed E-state index contributed by atoms with van der Waals surface area (Å²) < 4.78 is 38.1. The van der Waals surface area contributed by atoms with Crippen molar-refractivity contribution >= 4 is 10.0 Å². The lowest BCUT2D eigenvalue weighted by molar-refractivity contribution is 0.394. The largest absolute Gasteiger partial charge is 0.465 e. The first kappa shape index (κ1) is 16.4. The molecule has 0 saturated carbocycles. The summed E-state index contributed by atoms with van der Waals surface area (Å²) in [7, 11) is -3.70. The van der Waals surface area contributed by atoms with E-state index < -0.39 is 10.0 Å². The summed E-state index contributed by atoms with van der Waals surface area (Å²) in [5.41, 5.74) is 1.20. The minimum Gasteiger partial charge on any atom is -0.465 e. The second-order valence-corrected chi connectivity index (χ2v) is 7.19. The van der Waals surface area contributed by atoms with Crippen molar-refractivity contribution in [1.29, 1.82) is 0 Å². The summed E-state index contributed by atoms with van der Waals surface area (Å²) in [5, 5.41) is 3.82. The minimum absolute atomic E-state index is 0.0845. The molecule has 2 aromatic heterocycles. The molecule has 0 saturated heterocycles. The smallest absolute Gasteiger partial charge is 0.241 e. The molecule has 0 spiro atoms. The molecular formula is C16H17N3O4S. The number of nitrogens with zero attached hydrogens (tertiary/aromatic N) is 2. The van der Waals surface area contributed by atoms with Crippen LogP contribution >= 0.6 is 0 Å². The normalized spacial score (nSPS) is 11.8. The van der Waals surface area contributed by atoms with E-state index in [-0.39, 0.29) is 11.4 Å². The Balaban J connectivity index is 1.89. The summed E-state index contributed by atoms with van der Waals surface area (Å²) in [5.74, 6) is 2.06. The highest BCUT2D eigenvalue weighted by Gasteiger charge is 2.19. The third kappa shape index (κ3) is 3.39. The Labute approximate surface area is 139 Å². The maximum Gasteiger partial charge on any atom is 0.241 e. The van der Waals surface area contributed by atoms with Gasteiger partial charge in [0.2, 0.25) is 21.7 Å². The molecule has 0 bridgehead atoms. The number of aromatic nitrogens is 2. The third-order valence-electron chi connectivity index (χ3n) is 3.50. The molecule has 0 atom stereocenters. The Morgan fingerprint density at radius 3 is 2.54 bits per heavy atom. The number of sulfonamides is 1. The average Bonchev–Trinajstić information content (AvgIpc) is 3.14. The van der Waals surface area contributed by atoms with Crippen LogP contribution in [-0.4, -0.2) is 18.6 Å². The first-order valence-electron chi connectivity index (χ1n) is 7.31. The summed E-state index contributed by atoms with van der Waals surface area (Å²) in [6, 6.07) is 8.54. The summed E-state index contributed by atoms with van der Waals surface area (Å²) in [6.07, 6.45) is 0. The zero-order chi connectivity index (χ0) is 17.3. The van der Waals surface area contributed by atoms with E-state index in [1.54, 1.807) is 45.0 Å². The number of rotatable bonds is 5. The molecule has 0 amide bonds. The monoisotopic (exact) mass is 347 g/mol. The summed E-state index contributed by atoms with van der Waals surface area (Å²) in [6.45, 7) is 5.30. The highest BCUT2D eigenvalue weighted by Crippen LogP contribution is 2.23. The van der Waals surface area contributed by atoms with Gasteiger partial charge in [-0.25, -0.2) is 13.1 Å². The van der Waals surface area contributed by atoms with Gasteiger partial charge in [-0.1, -0.05) is 17.3 Å². The predicted molar refractivity (Wildman–Crippen MR) is 86.7 cm³/mol. The maximum atomic E-state index is 12.6. The van der Waals surface area contributed by atoms with Crippen LogP contribution in [0, 0.1) is 20.8 Å². The van der Waals surface area contributed by atoms with Crippen LogP contribution in [0.25, 0.3) is 11.4 Å². The quantitative estimate of drug-likeness (QED) is 0.762. The molecule has 0 aliphatic carbocycles. The SMILES string of the molecule is Cc1ccc(CNS(=O)(=O)c2cc(-c3noc(C)n3)ccc2C)o1. The summed E-state index contributed by atoms with van der Waals surface area (Å²) >= 11 is 0. The molecule has 0 aliphatic rings. The minimum atomic E-state index is -3.70. The Bertz CT molecular complexity index is 973. The second kappa shape index (κ2) is 6.21. The molecule has 2 heterocycles. The number of aryl methyl sites for hydroxylation is 3. The van der Waals surface area contributed by atoms with E-state index in [1.165, 1.54) is 6.07 Å². The van der Waals surface area contributed by atoms with Crippen molar-refractivity contribution in [1.82, 2.24) is 14.9 Å². The van der Waals surface area contributed by atoms with Crippen LogP contribution in [0.15, 0.2) is 44.2 Å². The van der Waals surface area contributed by atoms with Crippen molar-refractivity contribution in [3.05, 3.63) is 53.3 Å². The molecule has 0 unspecified atom stereocenters. The van der Waals surface area contributed by atoms with E-state index in [0.29, 0.717) is 28.6 Å². The van der Waals surface area contributed by atoms with Gasteiger partial charge in [-0.15, -0.1) is 0 Å². The molecule has 7 nitrogen and oxygen atoms in total. The topological polar surface area (TPSA) is 98.2 Å².